The molecule has 1 aliphatic carbocycles. The second kappa shape index (κ2) is 5.49. The molecule has 2 aromatic rings. The minimum absolute atomic E-state index is 0.0397. The molecule has 0 radical (unpaired) electrons. The highest BCUT2D eigenvalue weighted by Crippen LogP contribution is 2.44. The van der Waals surface area contributed by atoms with Crippen molar-refractivity contribution in [3.05, 3.63) is 46.5 Å². The molecule has 5 heteroatoms. The van der Waals surface area contributed by atoms with Gasteiger partial charge < -0.3 is 14.8 Å². The SMILES string of the molecule is Cc1cccnc1NC(=O)c1oc2c(c1C)C(O)CC(C)(C)C2. The second-order valence-electron chi connectivity index (χ2n) is 7.08. The maximum atomic E-state index is 12.5. The highest BCUT2D eigenvalue weighted by atomic mass is 16.4. The molecule has 0 fully saturated rings. The second-order valence-corrected chi connectivity index (χ2v) is 7.08. The Kier molecular flexibility index (Phi) is 3.76. The summed E-state index contributed by atoms with van der Waals surface area (Å²) in [5.74, 6) is 1.17. The van der Waals surface area contributed by atoms with Crippen LogP contribution in [-0.4, -0.2) is 16.0 Å². The molecule has 3 rings (SSSR count). The van der Waals surface area contributed by atoms with E-state index in [9.17, 15) is 9.90 Å². The lowest BCUT2D eigenvalue weighted by molar-refractivity contribution is 0.0910. The number of carbonyl (C=O) groups is 1. The predicted octanol–water partition coefficient (Wildman–Crippen LogP) is 3.55. The fraction of sp³-hybridized carbons (Fsp3) is 0.444. The fourth-order valence-corrected chi connectivity index (χ4v) is 3.28. The van der Waals surface area contributed by atoms with Gasteiger partial charge in [-0.1, -0.05) is 19.9 Å². The molecule has 0 aliphatic heterocycles. The Bertz CT molecular complexity index is 762. The summed E-state index contributed by atoms with van der Waals surface area (Å²) in [7, 11) is 0. The zero-order valence-corrected chi connectivity index (χ0v) is 13.9. The van der Waals surface area contributed by atoms with Gasteiger partial charge in [-0.05, 0) is 37.3 Å². The summed E-state index contributed by atoms with van der Waals surface area (Å²) in [5, 5.41) is 13.2. The van der Waals surface area contributed by atoms with Crippen molar-refractivity contribution in [2.75, 3.05) is 5.32 Å². The third-order valence-corrected chi connectivity index (χ3v) is 4.44. The molecule has 0 spiro atoms. The van der Waals surface area contributed by atoms with E-state index in [-0.39, 0.29) is 17.1 Å². The Balaban J connectivity index is 1.93. The number of hydrogen-bond acceptors (Lipinski definition) is 4. The molecular formula is C18H22N2O3. The minimum Gasteiger partial charge on any atom is -0.455 e. The first-order chi connectivity index (χ1) is 10.8. The number of furan rings is 1. The highest BCUT2D eigenvalue weighted by Gasteiger charge is 2.37. The predicted molar refractivity (Wildman–Crippen MR) is 87.4 cm³/mol. The molecule has 1 unspecified atom stereocenters. The van der Waals surface area contributed by atoms with Gasteiger partial charge in [-0.25, -0.2) is 4.98 Å². The van der Waals surface area contributed by atoms with Gasteiger partial charge in [0.1, 0.15) is 11.6 Å². The van der Waals surface area contributed by atoms with Crippen LogP contribution in [0.1, 0.15) is 59.4 Å². The molecule has 23 heavy (non-hydrogen) atoms. The summed E-state index contributed by atoms with van der Waals surface area (Å²) in [6.45, 7) is 7.89. The van der Waals surface area contributed by atoms with E-state index < -0.39 is 6.10 Å². The van der Waals surface area contributed by atoms with Crippen LogP contribution >= 0.6 is 0 Å². The number of fused-ring (bicyclic) bond motifs is 1. The number of amides is 1. The van der Waals surface area contributed by atoms with Crippen molar-refractivity contribution in [2.45, 2.75) is 46.6 Å². The summed E-state index contributed by atoms with van der Waals surface area (Å²) in [6, 6.07) is 3.70. The van der Waals surface area contributed by atoms with Crippen LogP contribution in [-0.2, 0) is 6.42 Å². The van der Waals surface area contributed by atoms with E-state index in [1.54, 1.807) is 6.20 Å². The maximum absolute atomic E-state index is 12.5. The molecule has 1 atom stereocenters. The van der Waals surface area contributed by atoms with Crippen molar-refractivity contribution in [1.29, 1.82) is 0 Å². The van der Waals surface area contributed by atoms with Gasteiger partial charge in [0, 0.05) is 23.7 Å². The number of carbonyl (C=O) groups excluding carboxylic acids is 1. The number of aliphatic hydroxyl groups excluding tert-OH is 1. The number of nitrogens with zero attached hydrogens (tertiary/aromatic N) is 1. The number of anilines is 1. The molecular weight excluding hydrogens is 292 g/mol. The van der Waals surface area contributed by atoms with E-state index >= 15 is 0 Å². The van der Waals surface area contributed by atoms with E-state index in [4.69, 9.17) is 4.42 Å². The molecule has 122 valence electrons. The zero-order valence-electron chi connectivity index (χ0n) is 13.9. The lowest BCUT2D eigenvalue weighted by atomic mass is 9.75. The van der Waals surface area contributed by atoms with Crippen LogP contribution in [0.4, 0.5) is 5.82 Å². The van der Waals surface area contributed by atoms with Crippen LogP contribution in [0.25, 0.3) is 0 Å². The van der Waals surface area contributed by atoms with Crippen LogP contribution in [0.5, 0.6) is 0 Å². The van der Waals surface area contributed by atoms with Gasteiger partial charge in [-0.3, -0.25) is 4.79 Å². The van der Waals surface area contributed by atoms with Gasteiger partial charge in [0.05, 0.1) is 6.10 Å². The first-order valence-electron chi connectivity index (χ1n) is 7.82. The number of hydrogen-bond donors (Lipinski definition) is 2. The van der Waals surface area contributed by atoms with Crippen LogP contribution < -0.4 is 5.32 Å². The summed E-state index contributed by atoms with van der Waals surface area (Å²) >= 11 is 0. The third-order valence-electron chi connectivity index (χ3n) is 4.44. The Labute approximate surface area is 135 Å². The van der Waals surface area contributed by atoms with Crippen molar-refractivity contribution in [3.63, 3.8) is 0 Å². The van der Waals surface area contributed by atoms with Gasteiger partial charge in [0.2, 0.25) is 0 Å². The normalized spacial score (nSPS) is 19.3. The van der Waals surface area contributed by atoms with Crippen molar-refractivity contribution in [1.82, 2.24) is 4.98 Å². The number of rotatable bonds is 2. The molecule has 0 bridgehead atoms. The number of aliphatic hydroxyl groups is 1. The van der Waals surface area contributed by atoms with Gasteiger partial charge in [-0.2, -0.15) is 0 Å². The molecule has 2 aromatic heterocycles. The number of nitrogens with one attached hydrogen (secondary N) is 1. The van der Waals surface area contributed by atoms with E-state index in [1.165, 1.54) is 0 Å². The first kappa shape index (κ1) is 15.7. The standard InChI is InChI=1S/C18H22N2O3/c1-10-6-5-7-19-16(10)20-17(22)15-11(2)14-12(21)8-18(3,4)9-13(14)23-15/h5-7,12,21H,8-9H2,1-4H3,(H,19,20,22). The highest BCUT2D eigenvalue weighted by molar-refractivity contribution is 6.03. The molecule has 1 amide bonds. The van der Waals surface area contributed by atoms with Gasteiger partial charge in [0.25, 0.3) is 5.91 Å². The minimum atomic E-state index is -0.587. The van der Waals surface area contributed by atoms with E-state index in [1.807, 2.05) is 26.0 Å². The van der Waals surface area contributed by atoms with Crippen LogP contribution in [0.2, 0.25) is 0 Å². The van der Waals surface area contributed by atoms with Gasteiger partial charge in [-0.15, -0.1) is 0 Å². The van der Waals surface area contributed by atoms with Crippen molar-refractivity contribution in [2.24, 2.45) is 5.41 Å². The summed E-state index contributed by atoms with van der Waals surface area (Å²) in [4.78, 5) is 16.7. The number of aromatic nitrogens is 1. The monoisotopic (exact) mass is 314 g/mol. The molecule has 5 nitrogen and oxygen atoms in total. The topological polar surface area (TPSA) is 75.4 Å². The van der Waals surface area contributed by atoms with E-state index in [0.29, 0.717) is 23.6 Å². The molecule has 1 aliphatic rings. The smallest absolute Gasteiger partial charge is 0.292 e. The Hall–Kier alpha value is -2.14. The third kappa shape index (κ3) is 2.88. The summed E-state index contributed by atoms with van der Waals surface area (Å²) < 4.78 is 5.82. The number of pyridine rings is 1. The van der Waals surface area contributed by atoms with Crippen molar-refractivity contribution >= 4 is 11.7 Å². The molecule has 2 N–H and O–H groups in total. The maximum Gasteiger partial charge on any atom is 0.292 e. The first-order valence-corrected chi connectivity index (χ1v) is 7.82. The van der Waals surface area contributed by atoms with Crippen LogP contribution in [0, 0.1) is 19.3 Å². The van der Waals surface area contributed by atoms with Crippen molar-refractivity contribution < 1.29 is 14.3 Å². The Morgan fingerprint density at radius 2 is 2.17 bits per heavy atom. The van der Waals surface area contributed by atoms with Crippen LogP contribution in [0.15, 0.2) is 22.7 Å². The fourth-order valence-electron chi connectivity index (χ4n) is 3.28. The van der Waals surface area contributed by atoms with Crippen LogP contribution in [0.3, 0.4) is 0 Å². The lowest BCUT2D eigenvalue weighted by Gasteiger charge is -2.31. The number of aryl methyl sites for hydroxylation is 1. The zero-order chi connectivity index (χ0) is 16.8. The Morgan fingerprint density at radius 1 is 1.43 bits per heavy atom. The van der Waals surface area contributed by atoms with Gasteiger partial charge >= 0.3 is 0 Å². The van der Waals surface area contributed by atoms with E-state index in [0.717, 1.165) is 17.5 Å². The average molecular weight is 314 g/mol. The molecule has 2 heterocycles. The summed E-state index contributed by atoms with van der Waals surface area (Å²) in [6.07, 6.45) is 2.43. The lowest BCUT2D eigenvalue weighted by Crippen LogP contribution is -2.24. The average Bonchev–Trinajstić information content (AvgIpc) is 2.77. The molecule has 0 saturated heterocycles. The quantitative estimate of drug-likeness (QED) is 0.889. The van der Waals surface area contributed by atoms with E-state index in [2.05, 4.69) is 24.1 Å². The van der Waals surface area contributed by atoms with Crippen molar-refractivity contribution in [3.8, 4) is 0 Å². The van der Waals surface area contributed by atoms with Gasteiger partial charge in [0.15, 0.2) is 5.76 Å². The molecule has 0 saturated carbocycles. The largest absolute Gasteiger partial charge is 0.455 e. The molecule has 0 aromatic carbocycles. The Morgan fingerprint density at radius 3 is 2.87 bits per heavy atom. The summed E-state index contributed by atoms with van der Waals surface area (Å²) in [5.41, 5.74) is 2.33.